The lowest BCUT2D eigenvalue weighted by molar-refractivity contribution is 0.412. The number of hydrogen-bond acceptors (Lipinski definition) is 2. The Bertz CT molecular complexity index is 499. The average molecular weight is 268 g/mol. The van der Waals surface area contributed by atoms with Crippen LogP contribution in [0.2, 0.25) is 5.02 Å². The van der Waals surface area contributed by atoms with Crippen molar-refractivity contribution < 1.29 is 8.81 Å². The maximum Gasteiger partial charge on any atom is 0.127 e. The van der Waals surface area contributed by atoms with Crippen LogP contribution in [0.3, 0.4) is 0 Å². The van der Waals surface area contributed by atoms with Gasteiger partial charge in [0, 0.05) is 5.02 Å². The lowest BCUT2D eigenvalue weighted by Gasteiger charge is -2.16. The Morgan fingerprint density at radius 1 is 1.39 bits per heavy atom. The topological polar surface area (TPSA) is 25.2 Å². The van der Waals surface area contributed by atoms with Gasteiger partial charge < -0.3 is 9.73 Å². The van der Waals surface area contributed by atoms with Crippen molar-refractivity contribution >= 4 is 11.6 Å². The van der Waals surface area contributed by atoms with Gasteiger partial charge in [-0.3, -0.25) is 0 Å². The zero-order valence-electron chi connectivity index (χ0n) is 10.1. The third-order valence-corrected chi connectivity index (χ3v) is 3.01. The van der Waals surface area contributed by atoms with Gasteiger partial charge >= 0.3 is 0 Å². The fourth-order valence-electron chi connectivity index (χ4n) is 1.92. The molecule has 0 radical (unpaired) electrons. The van der Waals surface area contributed by atoms with Crippen LogP contribution in [0.25, 0.3) is 0 Å². The molecule has 0 saturated carbocycles. The largest absolute Gasteiger partial charge is 0.468 e. The van der Waals surface area contributed by atoms with Gasteiger partial charge in [0.05, 0.1) is 12.3 Å². The van der Waals surface area contributed by atoms with Crippen molar-refractivity contribution in [1.29, 1.82) is 0 Å². The Morgan fingerprint density at radius 2 is 2.22 bits per heavy atom. The van der Waals surface area contributed by atoms with Gasteiger partial charge in [0.15, 0.2) is 0 Å². The van der Waals surface area contributed by atoms with Gasteiger partial charge in [-0.15, -0.1) is 0 Å². The van der Waals surface area contributed by atoms with E-state index in [9.17, 15) is 4.39 Å². The summed E-state index contributed by atoms with van der Waals surface area (Å²) in [6.45, 7) is 2.80. The maximum absolute atomic E-state index is 13.7. The fraction of sp³-hybridized carbons (Fsp3) is 0.286. The minimum absolute atomic E-state index is 0.0272. The van der Waals surface area contributed by atoms with E-state index in [1.807, 2.05) is 19.1 Å². The quantitative estimate of drug-likeness (QED) is 0.887. The Hall–Kier alpha value is -1.32. The van der Waals surface area contributed by atoms with Crippen LogP contribution in [0.5, 0.6) is 0 Å². The predicted octanol–water partition coefficient (Wildman–Crippen LogP) is 3.97. The van der Waals surface area contributed by atoms with E-state index in [2.05, 4.69) is 5.32 Å². The molecule has 0 saturated heterocycles. The highest BCUT2D eigenvalue weighted by Gasteiger charge is 2.16. The summed E-state index contributed by atoms with van der Waals surface area (Å²) in [6, 6.07) is 8.44. The lowest BCUT2D eigenvalue weighted by Crippen LogP contribution is -2.22. The van der Waals surface area contributed by atoms with Crippen molar-refractivity contribution in [3.8, 4) is 0 Å². The number of likely N-dealkylation sites (N-methyl/N-ethyl adjacent to an activating group) is 1. The second kappa shape index (κ2) is 6.03. The minimum Gasteiger partial charge on any atom is -0.468 e. The van der Waals surface area contributed by atoms with Crippen LogP contribution < -0.4 is 5.32 Å². The second-order valence-electron chi connectivity index (χ2n) is 4.07. The van der Waals surface area contributed by atoms with Gasteiger partial charge in [0.2, 0.25) is 0 Å². The van der Waals surface area contributed by atoms with Crippen molar-refractivity contribution in [2.45, 2.75) is 19.4 Å². The molecule has 0 aliphatic rings. The van der Waals surface area contributed by atoms with Crippen molar-refractivity contribution in [3.05, 3.63) is 58.8 Å². The van der Waals surface area contributed by atoms with E-state index in [0.29, 0.717) is 17.0 Å². The molecular weight excluding hydrogens is 253 g/mol. The van der Waals surface area contributed by atoms with Crippen molar-refractivity contribution in [2.24, 2.45) is 0 Å². The summed E-state index contributed by atoms with van der Waals surface area (Å²) in [5, 5.41) is 3.69. The molecule has 1 aromatic heterocycles. The van der Waals surface area contributed by atoms with Crippen LogP contribution in [0.4, 0.5) is 4.39 Å². The first-order valence-corrected chi connectivity index (χ1v) is 6.29. The van der Waals surface area contributed by atoms with Gasteiger partial charge in [-0.1, -0.05) is 24.6 Å². The van der Waals surface area contributed by atoms with Gasteiger partial charge in [-0.2, -0.15) is 0 Å². The molecule has 0 fully saturated rings. The van der Waals surface area contributed by atoms with E-state index in [0.717, 1.165) is 12.3 Å². The molecule has 1 unspecified atom stereocenters. The molecule has 0 spiro atoms. The zero-order chi connectivity index (χ0) is 13.0. The monoisotopic (exact) mass is 267 g/mol. The normalized spacial score (nSPS) is 12.6. The molecule has 1 atom stereocenters. The molecule has 2 nitrogen and oxygen atoms in total. The highest BCUT2D eigenvalue weighted by Crippen LogP contribution is 2.22. The smallest absolute Gasteiger partial charge is 0.127 e. The van der Waals surface area contributed by atoms with E-state index >= 15 is 0 Å². The first-order chi connectivity index (χ1) is 8.70. The lowest BCUT2D eigenvalue weighted by atomic mass is 10.0. The summed E-state index contributed by atoms with van der Waals surface area (Å²) >= 11 is 5.74. The second-order valence-corrected chi connectivity index (χ2v) is 4.50. The molecule has 0 bridgehead atoms. The molecule has 0 aliphatic heterocycles. The van der Waals surface area contributed by atoms with E-state index in [-0.39, 0.29) is 11.9 Å². The van der Waals surface area contributed by atoms with Crippen LogP contribution in [-0.4, -0.2) is 6.54 Å². The summed E-state index contributed by atoms with van der Waals surface area (Å²) in [6.07, 6.45) is 2.16. The molecule has 1 heterocycles. The average Bonchev–Trinajstić information content (AvgIpc) is 2.85. The number of nitrogens with one attached hydrogen (secondary N) is 1. The maximum atomic E-state index is 13.7. The first kappa shape index (κ1) is 13.1. The van der Waals surface area contributed by atoms with Gasteiger partial charge in [0.1, 0.15) is 11.6 Å². The van der Waals surface area contributed by atoms with Crippen LogP contribution >= 0.6 is 11.6 Å². The van der Waals surface area contributed by atoms with Gasteiger partial charge in [0.25, 0.3) is 0 Å². The SMILES string of the molecule is CCNC(Cc1ccc(Cl)cc1F)c1ccco1. The van der Waals surface area contributed by atoms with Crippen LogP contribution in [-0.2, 0) is 6.42 Å². The van der Waals surface area contributed by atoms with E-state index in [4.69, 9.17) is 16.0 Å². The first-order valence-electron chi connectivity index (χ1n) is 5.91. The van der Waals surface area contributed by atoms with Crippen LogP contribution in [0.15, 0.2) is 41.0 Å². The predicted molar refractivity (Wildman–Crippen MR) is 70.2 cm³/mol. The van der Waals surface area contributed by atoms with Crippen molar-refractivity contribution in [3.63, 3.8) is 0 Å². The third kappa shape index (κ3) is 3.12. The number of halogens is 2. The summed E-state index contributed by atoms with van der Waals surface area (Å²) in [7, 11) is 0. The highest BCUT2D eigenvalue weighted by atomic mass is 35.5. The summed E-state index contributed by atoms with van der Waals surface area (Å²) in [5.74, 6) is 0.531. The van der Waals surface area contributed by atoms with Crippen molar-refractivity contribution in [1.82, 2.24) is 5.32 Å². The molecule has 2 rings (SSSR count). The zero-order valence-corrected chi connectivity index (χ0v) is 10.9. The number of rotatable bonds is 5. The van der Waals surface area contributed by atoms with E-state index in [1.54, 1.807) is 18.4 Å². The molecule has 96 valence electrons. The summed E-state index contributed by atoms with van der Waals surface area (Å²) in [4.78, 5) is 0. The van der Waals surface area contributed by atoms with E-state index in [1.165, 1.54) is 6.07 Å². The summed E-state index contributed by atoms with van der Waals surface area (Å²) < 4.78 is 19.1. The molecule has 18 heavy (non-hydrogen) atoms. The fourth-order valence-corrected chi connectivity index (χ4v) is 2.08. The van der Waals surface area contributed by atoms with Gasteiger partial charge in [-0.05, 0) is 42.8 Å². The Balaban J connectivity index is 2.18. The van der Waals surface area contributed by atoms with E-state index < -0.39 is 0 Å². The highest BCUT2D eigenvalue weighted by molar-refractivity contribution is 6.30. The van der Waals surface area contributed by atoms with Crippen molar-refractivity contribution in [2.75, 3.05) is 6.54 Å². The molecule has 0 aliphatic carbocycles. The molecular formula is C14H15ClFNO. The third-order valence-electron chi connectivity index (χ3n) is 2.78. The van der Waals surface area contributed by atoms with Crippen LogP contribution in [0, 0.1) is 5.82 Å². The Kier molecular flexibility index (Phi) is 4.39. The van der Waals surface area contributed by atoms with Crippen LogP contribution in [0.1, 0.15) is 24.3 Å². The Morgan fingerprint density at radius 3 is 2.83 bits per heavy atom. The Labute approximate surface area is 111 Å². The molecule has 2 aromatic rings. The minimum atomic E-state index is -0.281. The number of benzene rings is 1. The number of furan rings is 1. The molecule has 0 amide bonds. The van der Waals surface area contributed by atoms with Gasteiger partial charge in [-0.25, -0.2) is 4.39 Å². The standard InChI is InChI=1S/C14H15ClFNO/c1-2-17-13(14-4-3-7-18-14)8-10-5-6-11(15)9-12(10)16/h3-7,9,13,17H,2,8H2,1H3. The molecule has 4 heteroatoms. The summed E-state index contributed by atoms with van der Waals surface area (Å²) in [5.41, 5.74) is 0.627. The number of hydrogen-bond donors (Lipinski definition) is 1. The molecule has 1 N–H and O–H groups in total. The molecule has 1 aromatic carbocycles.